The molecule has 0 spiro atoms. The van der Waals surface area contributed by atoms with Gasteiger partial charge in [0.15, 0.2) is 5.96 Å². The molecule has 1 heterocycles. The summed E-state index contributed by atoms with van der Waals surface area (Å²) in [5.74, 6) is 0.915. The van der Waals surface area contributed by atoms with Crippen LogP contribution in [0.4, 0.5) is 0 Å². The standard InChI is InChI=1S/C22H37N5O2.HI/c1-4-23-22(24-12-7-13-26-14-16-29-17-15-26)25-18-19-8-10-20(11-9-19)21(28)27(5-2)6-3;/h8-11H,4-7,12-18H2,1-3H3,(H2,23,24,25);1H. The van der Waals surface area contributed by atoms with Crippen LogP contribution >= 0.6 is 24.0 Å². The minimum atomic E-state index is 0. The molecular formula is C22H38IN5O2. The smallest absolute Gasteiger partial charge is 0.253 e. The first kappa shape index (κ1) is 26.6. The zero-order valence-electron chi connectivity index (χ0n) is 18.7. The summed E-state index contributed by atoms with van der Waals surface area (Å²) >= 11 is 0. The van der Waals surface area contributed by atoms with Gasteiger partial charge in [-0.1, -0.05) is 12.1 Å². The third-order valence-electron chi connectivity index (χ3n) is 5.06. The molecule has 0 unspecified atom stereocenters. The number of halogens is 1. The number of carbonyl (C=O) groups excluding carboxylic acids is 1. The predicted molar refractivity (Wildman–Crippen MR) is 134 cm³/mol. The van der Waals surface area contributed by atoms with Gasteiger partial charge in [-0.25, -0.2) is 4.99 Å². The molecule has 170 valence electrons. The number of ether oxygens (including phenoxy) is 1. The fourth-order valence-corrected chi connectivity index (χ4v) is 3.29. The van der Waals surface area contributed by atoms with Crippen LogP contribution in [-0.2, 0) is 11.3 Å². The summed E-state index contributed by atoms with van der Waals surface area (Å²) < 4.78 is 5.39. The molecule has 1 aromatic rings. The summed E-state index contributed by atoms with van der Waals surface area (Å²) in [7, 11) is 0. The number of nitrogens with zero attached hydrogens (tertiary/aromatic N) is 3. The van der Waals surface area contributed by atoms with E-state index in [1.165, 1.54) is 0 Å². The first-order valence-electron chi connectivity index (χ1n) is 10.9. The monoisotopic (exact) mass is 531 g/mol. The Labute approximate surface area is 198 Å². The van der Waals surface area contributed by atoms with E-state index in [0.717, 1.165) is 82.5 Å². The lowest BCUT2D eigenvalue weighted by Gasteiger charge is -2.26. The molecule has 0 bridgehead atoms. The van der Waals surface area contributed by atoms with Gasteiger partial charge in [0.1, 0.15) is 0 Å². The van der Waals surface area contributed by atoms with Crippen molar-refractivity contribution in [2.24, 2.45) is 4.99 Å². The van der Waals surface area contributed by atoms with Gasteiger partial charge in [0, 0.05) is 44.8 Å². The molecule has 1 aromatic carbocycles. The minimum absolute atomic E-state index is 0. The predicted octanol–water partition coefficient (Wildman–Crippen LogP) is 2.56. The van der Waals surface area contributed by atoms with Crippen LogP contribution < -0.4 is 10.6 Å². The van der Waals surface area contributed by atoms with Gasteiger partial charge in [0.25, 0.3) is 5.91 Å². The maximum absolute atomic E-state index is 12.4. The minimum Gasteiger partial charge on any atom is -0.379 e. The first-order valence-corrected chi connectivity index (χ1v) is 10.9. The van der Waals surface area contributed by atoms with Crippen LogP contribution in [0.15, 0.2) is 29.3 Å². The summed E-state index contributed by atoms with van der Waals surface area (Å²) in [6.07, 6.45) is 1.08. The maximum atomic E-state index is 12.4. The van der Waals surface area contributed by atoms with Crippen molar-refractivity contribution in [1.29, 1.82) is 0 Å². The molecule has 0 aliphatic carbocycles. The highest BCUT2D eigenvalue weighted by atomic mass is 127. The van der Waals surface area contributed by atoms with Gasteiger partial charge in [-0.15, -0.1) is 24.0 Å². The van der Waals surface area contributed by atoms with E-state index in [0.29, 0.717) is 6.54 Å². The van der Waals surface area contributed by atoms with Crippen LogP contribution in [-0.4, -0.2) is 80.7 Å². The number of guanidine groups is 1. The lowest BCUT2D eigenvalue weighted by Crippen LogP contribution is -2.40. The molecule has 1 aliphatic rings. The van der Waals surface area contributed by atoms with Gasteiger partial charge in [0.2, 0.25) is 0 Å². The number of hydrogen-bond donors (Lipinski definition) is 2. The second-order valence-electron chi connectivity index (χ2n) is 7.10. The number of carbonyl (C=O) groups is 1. The average molecular weight is 531 g/mol. The molecular weight excluding hydrogens is 493 g/mol. The Hall–Kier alpha value is -1.39. The van der Waals surface area contributed by atoms with E-state index in [4.69, 9.17) is 4.74 Å². The van der Waals surface area contributed by atoms with Gasteiger partial charge >= 0.3 is 0 Å². The van der Waals surface area contributed by atoms with Crippen molar-refractivity contribution in [3.63, 3.8) is 0 Å². The molecule has 1 amide bonds. The second kappa shape index (κ2) is 15.4. The first-order chi connectivity index (χ1) is 14.2. The van der Waals surface area contributed by atoms with Crippen LogP contribution in [0.3, 0.4) is 0 Å². The molecule has 1 aliphatic heterocycles. The number of nitrogens with one attached hydrogen (secondary N) is 2. The van der Waals surface area contributed by atoms with Gasteiger partial charge in [-0.05, 0) is 51.4 Å². The quantitative estimate of drug-likeness (QED) is 0.210. The van der Waals surface area contributed by atoms with E-state index in [1.807, 2.05) is 43.0 Å². The van der Waals surface area contributed by atoms with E-state index < -0.39 is 0 Å². The van der Waals surface area contributed by atoms with Gasteiger partial charge in [-0.3, -0.25) is 9.69 Å². The zero-order valence-corrected chi connectivity index (χ0v) is 21.0. The number of benzene rings is 1. The number of aliphatic imine (C=N–C) groups is 1. The van der Waals surface area contributed by atoms with Crippen LogP contribution in [0.25, 0.3) is 0 Å². The molecule has 30 heavy (non-hydrogen) atoms. The largest absolute Gasteiger partial charge is 0.379 e. The molecule has 2 rings (SSSR count). The Balaban J connectivity index is 0.00000450. The maximum Gasteiger partial charge on any atom is 0.253 e. The summed E-state index contributed by atoms with van der Waals surface area (Å²) in [5.41, 5.74) is 1.82. The molecule has 0 aromatic heterocycles. The highest BCUT2D eigenvalue weighted by molar-refractivity contribution is 14.0. The van der Waals surface area contributed by atoms with Crippen molar-refractivity contribution in [1.82, 2.24) is 20.4 Å². The summed E-state index contributed by atoms with van der Waals surface area (Å²) in [5, 5.41) is 6.71. The van der Waals surface area contributed by atoms with Crippen molar-refractivity contribution in [3.8, 4) is 0 Å². The van der Waals surface area contributed by atoms with Crippen molar-refractivity contribution in [2.75, 3.05) is 59.0 Å². The molecule has 7 nitrogen and oxygen atoms in total. The van der Waals surface area contributed by atoms with E-state index in [-0.39, 0.29) is 29.9 Å². The fraction of sp³-hybridized carbons (Fsp3) is 0.636. The second-order valence-corrected chi connectivity index (χ2v) is 7.10. The molecule has 2 N–H and O–H groups in total. The molecule has 0 saturated carbocycles. The highest BCUT2D eigenvalue weighted by Crippen LogP contribution is 2.09. The van der Waals surface area contributed by atoms with Crippen molar-refractivity contribution >= 4 is 35.8 Å². The Morgan fingerprint density at radius 1 is 1.10 bits per heavy atom. The number of morpholine rings is 1. The number of hydrogen-bond acceptors (Lipinski definition) is 4. The SMILES string of the molecule is CCNC(=NCc1ccc(C(=O)N(CC)CC)cc1)NCCCN1CCOCC1.I. The Kier molecular flexibility index (Phi) is 13.7. The van der Waals surface area contributed by atoms with Crippen LogP contribution in [0.5, 0.6) is 0 Å². The summed E-state index contributed by atoms with van der Waals surface area (Å²) in [4.78, 5) is 21.3. The molecule has 1 fully saturated rings. The van der Waals surface area contributed by atoms with E-state index in [2.05, 4.69) is 27.4 Å². The lowest BCUT2D eigenvalue weighted by molar-refractivity contribution is 0.0376. The molecule has 8 heteroatoms. The number of rotatable bonds is 10. The average Bonchev–Trinajstić information content (AvgIpc) is 2.76. The fourth-order valence-electron chi connectivity index (χ4n) is 3.29. The summed E-state index contributed by atoms with van der Waals surface area (Å²) in [6, 6.07) is 7.77. The normalized spacial score (nSPS) is 14.7. The summed E-state index contributed by atoms with van der Waals surface area (Å²) in [6.45, 7) is 14.6. The van der Waals surface area contributed by atoms with Gasteiger partial charge in [-0.2, -0.15) is 0 Å². The highest BCUT2D eigenvalue weighted by Gasteiger charge is 2.12. The van der Waals surface area contributed by atoms with Crippen molar-refractivity contribution < 1.29 is 9.53 Å². The van der Waals surface area contributed by atoms with Gasteiger partial charge in [0.05, 0.1) is 19.8 Å². The Bertz CT molecular complexity index is 629. The Morgan fingerprint density at radius 3 is 2.37 bits per heavy atom. The van der Waals surface area contributed by atoms with Crippen molar-refractivity contribution in [3.05, 3.63) is 35.4 Å². The van der Waals surface area contributed by atoms with E-state index in [1.54, 1.807) is 0 Å². The third kappa shape index (κ3) is 9.18. The molecule has 0 radical (unpaired) electrons. The number of amides is 1. The van der Waals surface area contributed by atoms with Crippen molar-refractivity contribution in [2.45, 2.75) is 33.7 Å². The molecule has 0 atom stereocenters. The molecule has 1 saturated heterocycles. The van der Waals surface area contributed by atoms with Gasteiger partial charge < -0.3 is 20.3 Å². The topological polar surface area (TPSA) is 69.2 Å². The van der Waals surface area contributed by atoms with Crippen LogP contribution in [0, 0.1) is 0 Å². The van der Waals surface area contributed by atoms with E-state index >= 15 is 0 Å². The Morgan fingerprint density at radius 2 is 1.77 bits per heavy atom. The van der Waals surface area contributed by atoms with Crippen LogP contribution in [0.2, 0.25) is 0 Å². The third-order valence-corrected chi connectivity index (χ3v) is 5.06. The lowest BCUT2D eigenvalue weighted by atomic mass is 10.1. The van der Waals surface area contributed by atoms with Crippen LogP contribution in [0.1, 0.15) is 43.1 Å². The zero-order chi connectivity index (χ0) is 20.9. The van der Waals surface area contributed by atoms with E-state index in [9.17, 15) is 4.79 Å².